The highest BCUT2D eigenvalue weighted by atomic mass is 16.7. The molecule has 1 fully saturated rings. The molecule has 1 saturated heterocycles. The number of piperazine rings is 1. The molecule has 0 saturated carbocycles. The van der Waals surface area contributed by atoms with E-state index in [0.717, 1.165) is 37.7 Å². The van der Waals surface area contributed by atoms with Crippen LogP contribution in [0.15, 0.2) is 40.1 Å². The first-order chi connectivity index (χ1) is 13.7. The molecule has 1 aromatic carbocycles. The third kappa shape index (κ3) is 2.98. The van der Waals surface area contributed by atoms with Gasteiger partial charge < -0.3 is 24.2 Å². The van der Waals surface area contributed by atoms with Gasteiger partial charge in [-0.3, -0.25) is 9.79 Å². The van der Waals surface area contributed by atoms with Crippen molar-refractivity contribution in [3.63, 3.8) is 0 Å². The Balaban J connectivity index is 1.23. The predicted molar refractivity (Wildman–Crippen MR) is 105 cm³/mol. The fourth-order valence-electron chi connectivity index (χ4n) is 3.87. The van der Waals surface area contributed by atoms with Crippen molar-refractivity contribution in [2.45, 2.75) is 19.4 Å². The van der Waals surface area contributed by atoms with E-state index >= 15 is 0 Å². The number of benzene rings is 1. The molecule has 0 spiro atoms. The van der Waals surface area contributed by atoms with Crippen LogP contribution in [0.25, 0.3) is 0 Å². The zero-order chi connectivity index (χ0) is 19.1. The first-order valence-corrected chi connectivity index (χ1v) is 9.75. The van der Waals surface area contributed by atoms with Gasteiger partial charge in [0.25, 0.3) is 5.91 Å². The second-order valence-electron chi connectivity index (χ2n) is 7.30. The van der Waals surface area contributed by atoms with Gasteiger partial charge in [-0.05, 0) is 24.6 Å². The molecule has 28 heavy (non-hydrogen) atoms. The van der Waals surface area contributed by atoms with Crippen molar-refractivity contribution in [3.8, 4) is 11.5 Å². The Morgan fingerprint density at radius 1 is 1.18 bits per heavy atom. The number of carbonyl (C=O) groups excluding carboxylic acids is 1. The minimum absolute atomic E-state index is 0.0243. The van der Waals surface area contributed by atoms with E-state index in [4.69, 9.17) is 14.5 Å². The predicted octanol–water partition coefficient (Wildman–Crippen LogP) is 1.55. The molecule has 1 amide bonds. The van der Waals surface area contributed by atoms with Gasteiger partial charge in [-0.25, -0.2) is 4.99 Å². The monoisotopic (exact) mass is 381 g/mol. The van der Waals surface area contributed by atoms with Crippen LogP contribution in [0.3, 0.4) is 0 Å². The standard InChI is InChI=1S/C20H23N5O3/c1-2-15-11-25-12-21-18(10-19(25)22-15)23-5-7-24(8-6-23)20(26)14-3-4-16-17(9-14)28-13-27-16/h3-4,9-10,12,15H,2,5-8,11,13H2,1H3. The summed E-state index contributed by atoms with van der Waals surface area (Å²) in [5.74, 6) is 3.28. The third-order valence-electron chi connectivity index (χ3n) is 5.59. The van der Waals surface area contributed by atoms with Gasteiger partial charge in [0.05, 0.1) is 12.4 Å². The van der Waals surface area contributed by atoms with E-state index in [2.05, 4.69) is 27.8 Å². The highest BCUT2D eigenvalue weighted by molar-refractivity contribution is 6.03. The van der Waals surface area contributed by atoms with Crippen LogP contribution >= 0.6 is 0 Å². The fraction of sp³-hybridized carbons (Fsp3) is 0.450. The maximum absolute atomic E-state index is 12.8. The van der Waals surface area contributed by atoms with E-state index < -0.39 is 0 Å². The number of amides is 1. The molecular weight excluding hydrogens is 358 g/mol. The average Bonchev–Trinajstić information content (AvgIpc) is 3.38. The lowest BCUT2D eigenvalue weighted by Crippen LogP contribution is -2.48. The smallest absolute Gasteiger partial charge is 0.254 e. The topological polar surface area (TPSA) is 70.0 Å². The number of hydrogen-bond donors (Lipinski definition) is 0. The normalized spacial score (nSPS) is 22.9. The molecule has 4 aliphatic heterocycles. The maximum atomic E-state index is 12.8. The molecule has 1 unspecified atom stereocenters. The number of fused-ring (bicyclic) bond motifs is 2. The summed E-state index contributed by atoms with van der Waals surface area (Å²) in [4.78, 5) is 28.4. The Kier molecular flexibility index (Phi) is 4.18. The number of aliphatic imine (C=N–C) groups is 2. The second kappa shape index (κ2) is 6.85. The Morgan fingerprint density at radius 2 is 2.00 bits per heavy atom. The van der Waals surface area contributed by atoms with Crippen LogP contribution in [0.5, 0.6) is 11.5 Å². The maximum Gasteiger partial charge on any atom is 0.254 e. The van der Waals surface area contributed by atoms with Gasteiger partial charge in [-0.2, -0.15) is 0 Å². The summed E-state index contributed by atoms with van der Waals surface area (Å²) in [5.41, 5.74) is 0.633. The average molecular weight is 381 g/mol. The van der Waals surface area contributed by atoms with Crippen LogP contribution < -0.4 is 9.47 Å². The molecule has 146 valence electrons. The summed E-state index contributed by atoms with van der Waals surface area (Å²) in [6, 6.07) is 5.72. The van der Waals surface area contributed by atoms with Crippen LogP contribution in [0.1, 0.15) is 23.7 Å². The van der Waals surface area contributed by atoms with Crippen LogP contribution in [0.4, 0.5) is 0 Å². The Hall–Kier alpha value is -3.03. The summed E-state index contributed by atoms with van der Waals surface area (Å²) >= 11 is 0. The summed E-state index contributed by atoms with van der Waals surface area (Å²) < 4.78 is 10.7. The zero-order valence-corrected chi connectivity index (χ0v) is 15.9. The van der Waals surface area contributed by atoms with Crippen LogP contribution in [0.2, 0.25) is 0 Å². The van der Waals surface area contributed by atoms with Gasteiger partial charge in [0.1, 0.15) is 11.7 Å². The molecule has 0 aromatic heterocycles. The zero-order valence-electron chi connectivity index (χ0n) is 15.9. The van der Waals surface area contributed by atoms with E-state index in [0.29, 0.717) is 36.2 Å². The largest absolute Gasteiger partial charge is 0.454 e. The lowest BCUT2D eigenvalue weighted by molar-refractivity contribution is 0.0668. The van der Waals surface area contributed by atoms with Crippen molar-refractivity contribution in [2.75, 3.05) is 39.5 Å². The molecule has 4 heterocycles. The summed E-state index contributed by atoms with van der Waals surface area (Å²) in [6.45, 7) is 6.11. The van der Waals surface area contributed by atoms with Crippen LogP contribution in [-0.4, -0.2) is 78.3 Å². The molecule has 8 nitrogen and oxygen atoms in total. The van der Waals surface area contributed by atoms with Gasteiger partial charge in [-0.15, -0.1) is 0 Å². The highest BCUT2D eigenvalue weighted by Crippen LogP contribution is 2.33. The fourth-order valence-corrected chi connectivity index (χ4v) is 3.87. The Morgan fingerprint density at radius 3 is 2.82 bits per heavy atom. The number of nitrogens with zero attached hydrogens (tertiary/aromatic N) is 5. The Bertz CT molecular complexity index is 886. The lowest BCUT2D eigenvalue weighted by atomic mass is 10.1. The van der Waals surface area contributed by atoms with E-state index in [1.165, 1.54) is 0 Å². The molecule has 0 bridgehead atoms. The minimum Gasteiger partial charge on any atom is -0.454 e. The lowest BCUT2D eigenvalue weighted by Gasteiger charge is -2.37. The summed E-state index contributed by atoms with van der Waals surface area (Å²) in [7, 11) is 0. The van der Waals surface area contributed by atoms with Gasteiger partial charge in [0.15, 0.2) is 11.5 Å². The molecule has 8 heteroatoms. The van der Waals surface area contributed by atoms with E-state index in [9.17, 15) is 4.79 Å². The summed E-state index contributed by atoms with van der Waals surface area (Å²) in [6.07, 6.45) is 4.98. The van der Waals surface area contributed by atoms with Crippen molar-refractivity contribution in [2.24, 2.45) is 9.98 Å². The Labute approximate surface area is 163 Å². The van der Waals surface area contributed by atoms with E-state index in [1.807, 2.05) is 11.2 Å². The molecule has 5 rings (SSSR count). The number of hydrogen-bond acceptors (Lipinski definition) is 7. The van der Waals surface area contributed by atoms with Crippen molar-refractivity contribution < 1.29 is 14.3 Å². The molecule has 1 aromatic rings. The van der Waals surface area contributed by atoms with Crippen LogP contribution in [-0.2, 0) is 0 Å². The molecule has 0 aliphatic carbocycles. The van der Waals surface area contributed by atoms with Crippen molar-refractivity contribution in [1.82, 2.24) is 14.7 Å². The van der Waals surface area contributed by atoms with E-state index in [1.54, 1.807) is 18.2 Å². The SMILES string of the molecule is CCC1CN2C=NC(N3CCN(C(=O)c4ccc5c(c4)OCO5)CC3)=CC2=N1. The number of ether oxygens (including phenoxy) is 2. The third-order valence-corrected chi connectivity index (χ3v) is 5.59. The second-order valence-corrected chi connectivity index (χ2v) is 7.30. The number of amidine groups is 1. The summed E-state index contributed by atoms with van der Waals surface area (Å²) in [5, 5.41) is 0. The molecule has 0 radical (unpaired) electrons. The van der Waals surface area contributed by atoms with Gasteiger partial charge in [0, 0.05) is 44.4 Å². The van der Waals surface area contributed by atoms with E-state index in [-0.39, 0.29) is 12.7 Å². The first kappa shape index (κ1) is 17.1. The quantitative estimate of drug-likeness (QED) is 0.795. The highest BCUT2D eigenvalue weighted by Gasteiger charge is 2.28. The number of rotatable bonds is 3. The van der Waals surface area contributed by atoms with Gasteiger partial charge in [-0.1, -0.05) is 6.92 Å². The molecule has 0 N–H and O–H groups in total. The molecule has 1 atom stereocenters. The molecular formula is C20H23N5O3. The first-order valence-electron chi connectivity index (χ1n) is 9.75. The van der Waals surface area contributed by atoms with Crippen LogP contribution in [0, 0.1) is 0 Å². The number of carbonyl (C=O) groups is 1. The van der Waals surface area contributed by atoms with Crippen molar-refractivity contribution in [1.29, 1.82) is 0 Å². The van der Waals surface area contributed by atoms with Gasteiger partial charge in [0.2, 0.25) is 6.79 Å². The van der Waals surface area contributed by atoms with Crippen molar-refractivity contribution in [3.05, 3.63) is 35.7 Å². The van der Waals surface area contributed by atoms with Crippen molar-refractivity contribution >= 4 is 18.1 Å². The molecule has 4 aliphatic rings. The van der Waals surface area contributed by atoms with Gasteiger partial charge >= 0.3 is 0 Å². The minimum atomic E-state index is 0.0243.